The van der Waals surface area contributed by atoms with Crippen molar-refractivity contribution < 1.29 is 27.5 Å². The molecule has 1 saturated heterocycles. The Balaban J connectivity index is 1.66. The molecule has 2 aromatic rings. The van der Waals surface area contributed by atoms with E-state index in [4.69, 9.17) is 4.74 Å². The van der Waals surface area contributed by atoms with Gasteiger partial charge in [0.1, 0.15) is 18.2 Å². The molecule has 0 spiro atoms. The van der Waals surface area contributed by atoms with Crippen LogP contribution in [0.4, 0.5) is 30.6 Å². The van der Waals surface area contributed by atoms with Crippen molar-refractivity contribution in [3.63, 3.8) is 0 Å². The number of amides is 2. The second kappa shape index (κ2) is 8.52. The minimum Gasteiger partial charge on any atom is -0.456 e. The average molecular weight is 450 g/mol. The van der Waals surface area contributed by atoms with Gasteiger partial charge < -0.3 is 25.6 Å². The van der Waals surface area contributed by atoms with E-state index in [0.717, 1.165) is 5.56 Å². The lowest BCUT2D eigenvalue weighted by atomic mass is 10.2. The summed E-state index contributed by atoms with van der Waals surface area (Å²) in [4.78, 5) is 35.1. The first-order valence-corrected chi connectivity index (χ1v) is 9.99. The number of hydrogen-bond acceptors (Lipinski definition) is 7. The van der Waals surface area contributed by atoms with Gasteiger partial charge in [-0.3, -0.25) is 9.59 Å². The molecule has 2 aliphatic rings. The summed E-state index contributed by atoms with van der Waals surface area (Å²) in [5, 5.41) is 7.57. The number of aryl methyl sites for hydroxylation is 1. The van der Waals surface area contributed by atoms with Crippen molar-refractivity contribution in [1.29, 1.82) is 0 Å². The number of benzene rings is 1. The van der Waals surface area contributed by atoms with E-state index < -0.39 is 30.6 Å². The Morgan fingerprint density at radius 3 is 2.91 bits per heavy atom. The number of ether oxygens (including phenoxy) is 1. The number of anilines is 3. The van der Waals surface area contributed by atoms with Crippen molar-refractivity contribution in [2.24, 2.45) is 0 Å². The van der Waals surface area contributed by atoms with Crippen LogP contribution < -0.4 is 25.6 Å². The number of carbonyl (C=O) groups excluding carboxylic acids is 2. The largest absolute Gasteiger partial charge is 0.456 e. The van der Waals surface area contributed by atoms with E-state index in [9.17, 15) is 22.8 Å². The normalized spacial score (nSPS) is 17.9. The van der Waals surface area contributed by atoms with Gasteiger partial charge in [-0.05, 0) is 37.5 Å². The molecule has 9 nitrogen and oxygen atoms in total. The third kappa shape index (κ3) is 4.68. The van der Waals surface area contributed by atoms with E-state index in [1.807, 2.05) is 30.4 Å². The molecule has 0 aliphatic carbocycles. The topological polar surface area (TPSA) is 108 Å². The maximum absolute atomic E-state index is 12.5. The summed E-state index contributed by atoms with van der Waals surface area (Å²) in [7, 11) is 0. The molecule has 0 radical (unpaired) electrons. The fourth-order valence-electron chi connectivity index (χ4n) is 3.66. The summed E-state index contributed by atoms with van der Waals surface area (Å²) in [6.07, 6.45) is -3.58. The monoisotopic (exact) mass is 450 g/mol. The van der Waals surface area contributed by atoms with E-state index in [2.05, 4.69) is 20.6 Å². The average Bonchev–Trinajstić information content (AvgIpc) is 3.21. The maximum atomic E-state index is 12.5. The van der Waals surface area contributed by atoms with Crippen molar-refractivity contribution in [2.45, 2.75) is 32.0 Å². The number of nitrogens with zero attached hydrogens (tertiary/aromatic N) is 3. The number of nitrogens with one attached hydrogen (secondary N) is 3. The number of hydrogen-bond donors (Lipinski definition) is 3. The van der Waals surface area contributed by atoms with Crippen LogP contribution in [0.2, 0.25) is 0 Å². The minimum atomic E-state index is -4.51. The molecule has 1 unspecified atom stereocenters. The third-order valence-electron chi connectivity index (χ3n) is 5.09. The van der Waals surface area contributed by atoms with Gasteiger partial charge in [0, 0.05) is 12.2 Å². The van der Waals surface area contributed by atoms with Crippen LogP contribution in [0.3, 0.4) is 0 Å². The molecular weight excluding hydrogens is 429 g/mol. The molecular formula is C20H21F3N6O3. The van der Waals surface area contributed by atoms with E-state index in [1.54, 1.807) is 6.07 Å². The number of alkyl halides is 3. The Hall–Kier alpha value is -3.57. The van der Waals surface area contributed by atoms with Crippen LogP contribution in [0.25, 0.3) is 0 Å². The number of halogens is 3. The summed E-state index contributed by atoms with van der Waals surface area (Å²) in [6.45, 7) is 0.793. The smallest absolute Gasteiger partial charge is 0.405 e. The molecule has 1 fully saturated rings. The first-order valence-electron chi connectivity index (χ1n) is 9.99. The van der Waals surface area contributed by atoms with Gasteiger partial charge in [-0.15, -0.1) is 0 Å². The quantitative estimate of drug-likeness (QED) is 0.641. The van der Waals surface area contributed by atoms with Crippen molar-refractivity contribution in [3.8, 4) is 5.88 Å². The van der Waals surface area contributed by atoms with E-state index in [1.165, 1.54) is 4.90 Å². The first kappa shape index (κ1) is 21.7. The van der Waals surface area contributed by atoms with E-state index in [-0.39, 0.29) is 29.9 Å². The zero-order chi connectivity index (χ0) is 22.9. The van der Waals surface area contributed by atoms with Gasteiger partial charge >= 0.3 is 6.18 Å². The van der Waals surface area contributed by atoms with Crippen molar-refractivity contribution in [1.82, 2.24) is 20.6 Å². The Morgan fingerprint density at radius 2 is 2.16 bits per heavy atom. The molecule has 2 aliphatic heterocycles. The standard InChI is InChI=1S/C20H21F3N6O3/c1-11-4-2-5-12(8-11)26-15-14-17(31)25-10-32-18(14)28-19(27-15)29-7-3-6-13(29)16(30)24-9-20(21,22)23/h2,4-5,8,13H,3,6-7,9-10H2,1H3,(H,24,30)(H,25,31)(H,26,27,28). The highest BCUT2D eigenvalue weighted by atomic mass is 19.4. The van der Waals surface area contributed by atoms with Crippen LogP contribution in [-0.2, 0) is 4.79 Å². The lowest BCUT2D eigenvalue weighted by molar-refractivity contribution is -0.139. The second-order valence-corrected chi connectivity index (χ2v) is 7.53. The molecule has 4 rings (SSSR count). The summed E-state index contributed by atoms with van der Waals surface area (Å²) in [6, 6.07) is 6.55. The summed E-state index contributed by atoms with van der Waals surface area (Å²) in [5.74, 6) is -0.871. The van der Waals surface area contributed by atoms with Crippen LogP contribution in [0, 0.1) is 6.92 Å². The van der Waals surface area contributed by atoms with Crippen molar-refractivity contribution in [2.75, 3.05) is 30.0 Å². The summed E-state index contributed by atoms with van der Waals surface area (Å²) < 4.78 is 43.0. The maximum Gasteiger partial charge on any atom is 0.405 e. The number of aromatic nitrogens is 2. The molecule has 1 atom stereocenters. The van der Waals surface area contributed by atoms with E-state index in [0.29, 0.717) is 25.1 Å². The number of rotatable bonds is 5. The van der Waals surface area contributed by atoms with Crippen molar-refractivity contribution in [3.05, 3.63) is 35.4 Å². The molecule has 2 amide bonds. The lowest BCUT2D eigenvalue weighted by Gasteiger charge is -2.27. The molecule has 3 N–H and O–H groups in total. The van der Waals surface area contributed by atoms with Gasteiger partial charge in [0.25, 0.3) is 5.91 Å². The van der Waals surface area contributed by atoms with Crippen LogP contribution >= 0.6 is 0 Å². The first-order chi connectivity index (χ1) is 15.2. The number of carbonyl (C=O) groups is 2. The molecule has 3 heterocycles. The van der Waals surface area contributed by atoms with Crippen molar-refractivity contribution >= 4 is 29.3 Å². The van der Waals surface area contributed by atoms with Gasteiger partial charge in [-0.25, -0.2) is 0 Å². The Labute approximate surface area is 181 Å². The Morgan fingerprint density at radius 1 is 1.34 bits per heavy atom. The van der Waals surface area contributed by atoms with Crippen LogP contribution in [0.15, 0.2) is 24.3 Å². The highest BCUT2D eigenvalue weighted by Gasteiger charge is 2.37. The van der Waals surface area contributed by atoms with Gasteiger partial charge in [-0.1, -0.05) is 12.1 Å². The number of fused-ring (bicyclic) bond motifs is 1. The molecule has 170 valence electrons. The zero-order valence-corrected chi connectivity index (χ0v) is 17.1. The third-order valence-corrected chi connectivity index (χ3v) is 5.09. The fraction of sp³-hybridized carbons (Fsp3) is 0.400. The minimum absolute atomic E-state index is 0.0373. The van der Waals surface area contributed by atoms with Gasteiger partial charge in [-0.2, -0.15) is 23.1 Å². The zero-order valence-electron chi connectivity index (χ0n) is 17.1. The Kier molecular flexibility index (Phi) is 5.76. The summed E-state index contributed by atoms with van der Waals surface area (Å²) in [5.41, 5.74) is 1.77. The van der Waals surface area contributed by atoms with Gasteiger partial charge in [0.05, 0.1) is 0 Å². The Bertz CT molecular complexity index is 1050. The molecule has 0 bridgehead atoms. The predicted molar refractivity (Wildman–Crippen MR) is 109 cm³/mol. The fourth-order valence-corrected chi connectivity index (χ4v) is 3.66. The lowest BCUT2D eigenvalue weighted by Crippen LogP contribution is -2.46. The van der Waals surface area contributed by atoms with E-state index >= 15 is 0 Å². The predicted octanol–water partition coefficient (Wildman–Crippen LogP) is 2.26. The van der Waals surface area contributed by atoms with Gasteiger partial charge in [0.15, 0.2) is 12.5 Å². The highest BCUT2D eigenvalue weighted by Crippen LogP contribution is 2.33. The molecule has 32 heavy (non-hydrogen) atoms. The highest BCUT2D eigenvalue weighted by molar-refractivity contribution is 6.02. The summed E-state index contributed by atoms with van der Waals surface area (Å²) >= 11 is 0. The second-order valence-electron chi connectivity index (χ2n) is 7.53. The molecule has 12 heteroatoms. The molecule has 0 saturated carbocycles. The van der Waals surface area contributed by atoms with Crippen LogP contribution in [-0.4, -0.2) is 53.8 Å². The van der Waals surface area contributed by atoms with Crippen LogP contribution in [0.1, 0.15) is 28.8 Å². The van der Waals surface area contributed by atoms with Gasteiger partial charge in [0.2, 0.25) is 17.7 Å². The molecule has 1 aromatic heterocycles. The van der Waals surface area contributed by atoms with Crippen LogP contribution in [0.5, 0.6) is 5.88 Å². The SMILES string of the molecule is Cc1cccc(Nc2nc(N3CCCC3C(=O)NCC(F)(F)F)nc3c2C(=O)NCO3)c1. The molecule has 1 aromatic carbocycles.